The van der Waals surface area contributed by atoms with Gasteiger partial charge in [-0.3, -0.25) is 14.4 Å². The van der Waals surface area contributed by atoms with Crippen LogP contribution in [-0.2, 0) is 14.4 Å². The molecule has 3 N–H and O–H groups in total. The maximum Gasteiger partial charge on any atom is 0.307 e. The van der Waals surface area contributed by atoms with Crippen molar-refractivity contribution in [3.63, 3.8) is 0 Å². The van der Waals surface area contributed by atoms with Crippen molar-refractivity contribution < 1.29 is 19.5 Å². The second-order valence-corrected chi connectivity index (χ2v) is 11.0. The van der Waals surface area contributed by atoms with E-state index in [0.717, 1.165) is 21.0 Å². The lowest BCUT2D eigenvalue weighted by Gasteiger charge is -2.23. The molecule has 2 bridgehead atoms. The Morgan fingerprint density at radius 1 is 1.03 bits per heavy atom. The van der Waals surface area contributed by atoms with Gasteiger partial charge < -0.3 is 15.7 Å². The van der Waals surface area contributed by atoms with E-state index in [4.69, 9.17) is 11.6 Å². The van der Waals surface area contributed by atoms with Gasteiger partial charge in [0.15, 0.2) is 4.34 Å². The number of anilines is 2. The summed E-state index contributed by atoms with van der Waals surface area (Å²) in [7, 11) is 0. The summed E-state index contributed by atoms with van der Waals surface area (Å²) in [6.45, 7) is 0. The number of hydrogen-bond acceptors (Lipinski definition) is 6. The summed E-state index contributed by atoms with van der Waals surface area (Å²) < 4.78 is 1.62. The highest BCUT2D eigenvalue weighted by Gasteiger charge is 2.51. The second-order valence-electron chi connectivity index (χ2n) is 8.33. The fourth-order valence-corrected chi connectivity index (χ4v) is 6.68. The maximum absolute atomic E-state index is 12.9. The Balaban J connectivity index is 1.22. The maximum atomic E-state index is 12.9. The molecule has 0 aliphatic heterocycles. The number of thiazole rings is 1. The lowest BCUT2D eigenvalue weighted by Crippen LogP contribution is -2.36. The van der Waals surface area contributed by atoms with Crippen molar-refractivity contribution in [1.29, 1.82) is 0 Å². The number of nitrogens with zero attached hydrogens (tertiary/aromatic N) is 1. The minimum Gasteiger partial charge on any atom is -0.481 e. The van der Waals surface area contributed by atoms with E-state index in [1.54, 1.807) is 30.3 Å². The zero-order chi connectivity index (χ0) is 23.8. The molecule has 1 heterocycles. The number of aliphatic carboxylic acids is 1. The highest BCUT2D eigenvalue weighted by molar-refractivity contribution is 8.01. The highest BCUT2D eigenvalue weighted by Crippen LogP contribution is 2.48. The number of nitrogens with one attached hydrogen (secondary N) is 2. The van der Waals surface area contributed by atoms with Crippen molar-refractivity contribution >= 4 is 74.1 Å². The summed E-state index contributed by atoms with van der Waals surface area (Å²) in [5.74, 6) is -2.45. The third-order valence-corrected chi connectivity index (χ3v) is 8.55. The summed E-state index contributed by atoms with van der Waals surface area (Å²) in [6, 6.07) is 12.3. The number of thioether (sulfide) groups is 1. The summed E-state index contributed by atoms with van der Waals surface area (Å²) in [5, 5.41) is 15.9. The van der Waals surface area contributed by atoms with Crippen molar-refractivity contribution in [2.45, 2.75) is 10.8 Å². The number of carbonyl (C=O) groups is 3. The molecule has 7 nitrogen and oxygen atoms in total. The van der Waals surface area contributed by atoms with Crippen LogP contribution in [0.5, 0.6) is 0 Å². The van der Waals surface area contributed by atoms with Gasteiger partial charge >= 0.3 is 5.97 Å². The average Bonchev–Trinajstić information content (AvgIpc) is 3.53. The smallest absolute Gasteiger partial charge is 0.307 e. The molecule has 10 heteroatoms. The number of rotatable bonds is 7. The Morgan fingerprint density at radius 2 is 1.74 bits per heavy atom. The fraction of sp³-hybridized carbons (Fsp3) is 0.250. The van der Waals surface area contributed by atoms with Crippen LogP contribution in [0.15, 0.2) is 59.0 Å². The first kappa shape index (κ1) is 22.9. The molecule has 4 atom stereocenters. The third kappa shape index (κ3) is 4.68. The zero-order valence-corrected chi connectivity index (χ0v) is 20.1. The Hall–Kier alpha value is -2.88. The van der Waals surface area contributed by atoms with Gasteiger partial charge in [-0.2, -0.15) is 0 Å². The second kappa shape index (κ2) is 9.40. The molecule has 0 unspecified atom stereocenters. The van der Waals surface area contributed by atoms with Crippen molar-refractivity contribution in [3.05, 3.63) is 59.6 Å². The van der Waals surface area contributed by atoms with E-state index in [1.807, 2.05) is 24.3 Å². The van der Waals surface area contributed by atoms with Gasteiger partial charge in [-0.1, -0.05) is 35.5 Å². The van der Waals surface area contributed by atoms with E-state index < -0.39 is 17.8 Å². The molecular formula is C24H20ClN3O4S2. The molecular weight excluding hydrogens is 494 g/mol. The molecule has 0 saturated heterocycles. The number of aromatic nitrogens is 1. The highest BCUT2D eigenvalue weighted by atomic mass is 35.5. The van der Waals surface area contributed by atoms with Gasteiger partial charge in [0.2, 0.25) is 11.8 Å². The van der Waals surface area contributed by atoms with Gasteiger partial charge in [0.05, 0.1) is 27.8 Å². The molecule has 2 aromatic carbocycles. The summed E-state index contributed by atoms with van der Waals surface area (Å²) in [4.78, 5) is 41.4. The molecule has 1 saturated carbocycles. The number of benzene rings is 2. The molecule has 5 rings (SSSR count). The molecule has 1 aromatic heterocycles. The Kier molecular flexibility index (Phi) is 6.33. The van der Waals surface area contributed by atoms with Crippen LogP contribution in [0.25, 0.3) is 10.2 Å². The molecule has 0 spiro atoms. The van der Waals surface area contributed by atoms with Crippen molar-refractivity contribution in [3.8, 4) is 0 Å². The van der Waals surface area contributed by atoms with Crippen LogP contribution in [0, 0.1) is 23.7 Å². The number of fused-ring (bicyclic) bond motifs is 3. The number of allylic oxidation sites excluding steroid dienone is 2. The summed E-state index contributed by atoms with van der Waals surface area (Å²) >= 11 is 8.63. The molecule has 1 fully saturated rings. The first-order chi connectivity index (χ1) is 16.4. The topological polar surface area (TPSA) is 108 Å². The number of amides is 2. The fourth-order valence-electron chi connectivity index (χ4n) is 4.64. The molecule has 174 valence electrons. The van der Waals surface area contributed by atoms with Crippen molar-refractivity contribution in [2.24, 2.45) is 23.7 Å². The predicted octanol–water partition coefficient (Wildman–Crippen LogP) is 5.14. The minimum absolute atomic E-state index is 0.0275. The van der Waals surface area contributed by atoms with Crippen LogP contribution in [0.4, 0.5) is 11.4 Å². The first-order valence-corrected chi connectivity index (χ1v) is 12.9. The summed E-state index contributed by atoms with van der Waals surface area (Å²) in [6.07, 6.45) is 4.61. The van der Waals surface area contributed by atoms with Gasteiger partial charge in [0.25, 0.3) is 0 Å². The third-order valence-electron chi connectivity index (χ3n) is 6.14. The van der Waals surface area contributed by atoms with Crippen molar-refractivity contribution in [1.82, 2.24) is 4.98 Å². The Bertz CT molecular complexity index is 1310. The number of carboxylic acids is 1. The zero-order valence-electron chi connectivity index (χ0n) is 17.7. The first-order valence-electron chi connectivity index (χ1n) is 10.7. The Labute approximate surface area is 208 Å². The van der Waals surface area contributed by atoms with Crippen LogP contribution in [-0.4, -0.2) is 33.6 Å². The van der Waals surface area contributed by atoms with Gasteiger partial charge in [-0.05, 0) is 60.7 Å². The van der Waals surface area contributed by atoms with E-state index in [1.165, 1.54) is 23.1 Å². The molecule has 3 aromatic rings. The van der Waals surface area contributed by atoms with Crippen LogP contribution < -0.4 is 10.6 Å². The largest absolute Gasteiger partial charge is 0.481 e. The van der Waals surface area contributed by atoms with Crippen LogP contribution in [0.3, 0.4) is 0 Å². The standard InChI is InChI=1S/C24H20ClN3O4S2/c25-14-3-5-15(6-4-14)26-19(29)11-33-24-28-17-8-7-16(10-18(17)34-24)27-22(30)20-12-1-2-13(9-12)21(20)23(31)32/h1-8,10,12-13,20-21H,9,11H2,(H,26,29)(H,27,30)(H,31,32)/t12-,13-,20+,21-/m0/s1. The normalized spacial score (nSPS) is 22.7. The number of hydrogen-bond donors (Lipinski definition) is 3. The van der Waals surface area contributed by atoms with E-state index in [2.05, 4.69) is 15.6 Å². The molecule has 2 aliphatic rings. The average molecular weight is 514 g/mol. The van der Waals surface area contributed by atoms with Crippen molar-refractivity contribution in [2.75, 3.05) is 16.4 Å². The molecule has 2 aliphatic carbocycles. The van der Waals surface area contributed by atoms with Crippen LogP contribution >= 0.6 is 34.7 Å². The molecule has 0 radical (unpaired) electrons. The quantitative estimate of drug-likeness (QED) is 0.298. The number of carboxylic acid groups (broad SMARTS) is 1. The molecule has 2 amide bonds. The SMILES string of the molecule is O=C(CSc1nc2ccc(NC(=O)[C@H]3[C@@H](C(=O)O)[C@H]4C=C[C@H]3C4)cc2s1)Nc1ccc(Cl)cc1. The van der Waals surface area contributed by atoms with Crippen LogP contribution in [0.1, 0.15) is 6.42 Å². The predicted molar refractivity (Wildman–Crippen MR) is 134 cm³/mol. The van der Waals surface area contributed by atoms with E-state index in [9.17, 15) is 19.5 Å². The minimum atomic E-state index is -0.920. The van der Waals surface area contributed by atoms with Gasteiger partial charge in [0.1, 0.15) is 0 Å². The lowest BCUT2D eigenvalue weighted by atomic mass is 9.82. The van der Waals surface area contributed by atoms with E-state index in [-0.39, 0.29) is 29.4 Å². The van der Waals surface area contributed by atoms with Gasteiger partial charge in [0, 0.05) is 16.4 Å². The monoisotopic (exact) mass is 513 g/mol. The van der Waals surface area contributed by atoms with E-state index >= 15 is 0 Å². The van der Waals surface area contributed by atoms with E-state index in [0.29, 0.717) is 16.4 Å². The number of halogens is 1. The Morgan fingerprint density at radius 3 is 2.47 bits per heavy atom. The van der Waals surface area contributed by atoms with Crippen LogP contribution in [0.2, 0.25) is 5.02 Å². The summed E-state index contributed by atoms with van der Waals surface area (Å²) in [5.41, 5.74) is 2.06. The van der Waals surface area contributed by atoms with Gasteiger partial charge in [-0.25, -0.2) is 4.98 Å². The number of carbonyl (C=O) groups excluding carboxylic acids is 2. The lowest BCUT2D eigenvalue weighted by molar-refractivity contribution is -0.146. The van der Waals surface area contributed by atoms with Gasteiger partial charge in [-0.15, -0.1) is 11.3 Å². The molecule has 34 heavy (non-hydrogen) atoms.